The molecule has 1 aliphatic carbocycles. The second-order valence-corrected chi connectivity index (χ2v) is 9.93. The molecule has 1 unspecified atom stereocenters. The van der Waals surface area contributed by atoms with E-state index in [-0.39, 0.29) is 33.8 Å². The van der Waals surface area contributed by atoms with Crippen LogP contribution in [0.5, 0.6) is 0 Å². The number of nitro benzene ring substituents is 1. The fourth-order valence-corrected chi connectivity index (χ4v) is 5.91. The molecule has 1 saturated carbocycles. The quantitative estimate of drug-likeness (QED) is 0.374. The maximum absolute atomic E-state index is 12.8. The van der Waals surface area contributed by atoms with E-state index < -0.39 is 39.3 Å². The maximum atomic E-state index is 12.8. The van der Waals surface area contributed by atoms with E-state index in [9.17, 15) is 28.1 Å². The average molecular weight is 445 g/mol. The highest BCUT2D eigenvalue weighted by molar-refractivity contribution is 7.91. The number of halogens is 1. The topological polar surface area (TPSA) is 124 Å². The van der Waals surface area contributed by atoms with E-state index in [1.54, 1.807) is 4.90 Å². The van der Waals surface area contributed by atoms with Crippen molar-refractivity contribution in [1.82, 2.24) is 4.90 Å². The van der Waals surface area contributed by atoms with E-state index in [1.807, 2.05) is 0 Å². The van der Waals surface area contributed by atoms with E-state index in [4.69, 9.17) is 16.3 Å². The van der Waals surface area contributed by atoms with Crippen molar-refractivity contribution in [2.75, 3.05) is 18.1 Å². The van der Waals surface area contributed by atoms with E-state index in [1.165, 1.54) is 6.07 Å². The molecule has 0 spiro atoms. The number of hydrogen-bond acceptors (Lipinski definition) is 7. The smallest absolute Gasteiger partial charge is 0.340 e. The average Bonchev–Trinajstić information content (AvgIpc) is 3.29. The van der Waals surface area contributed by atoms with Crippen LogP contribution in [0.1, 0.15) is 42.5 Å². The number of carbonyl (C=O) groups is 2. The molecule has 9 nitrogen and oxygen atoms in total. The Morgan fingerprint density at radius 3 is 2.45 bits per heavy atom. The molecule has 29 heavy (non-hydrogen) atoms. The number of benzene rings is 1. The summed E-state index contributed by atoms with van der Waals surface area (Å²) in [4.78, 5) is 36.8. The van der Waals surface area contributed by atoms with E-state index in [0.29, 0.717) is 6.42 Å². The molecule has 1 aromatic rings. The number of hydrogen-bond donors (Lipinski definition) is 0. The highest BCUT2D eigenvalue weighted by Gasteiger charge is 2.39. The van der Waals surface area contributed by atoms with Gasteiger partial charge in [-0.2, -0.15) is 0 Å². The predicted octanol–water partition coefficient (Wildman–Crippen LogP) is 2.36. The molecule has 1 heterocycles. The van der Waals surface area contributed by atoms with Gasteiger partial charge in [-0.1, -0.05) is 24.4 Å². The van der Waals surface area contributed by atoms with Gasteiger partial charge in [-0.15, -0.1) is 0 Å². The van der Waals surface area contributed by atoms with Gasteiger partial charge in [0.25, 0.3) is 11.6 Å². The Morgan fingerprint density at radius 1 is 1.21 bits per heavy atom. The lowest BCUT2D eigenvalue weighted by atomic mass is 10.1. The third-order valence-corrected chi connectivity index (χ3v) is 7.38. The molecule has 1 aromatic carbocycles. The predicted molar refractivity (Wildman–Crippen MR) is 105 cm³/mol. The normalized spacial score (nSPS) is 21.1. The Balaban J connectivity index is 1.68. The molecule has 158 valence electrons. The van der Waals surface area contributed by atoms with Gasteiger partial charge in [0.2, 0.25) is 0 Å². The van der Waals surface area contributed by atoms with Crippen LogP contribution in [-0.4, -0.2) is 60.3 Å². The third kappa shape index (κ3) is 5.05. The molecule has 1 amide bonds. The van der Waals surface area contributed by atoms with Gasteiger partial charge in [0.1, 0.15) is 0 Å². The third-order valence-electron chi connectivity index (χ3n) is 5.32. The minimum absolute atomic E-state index is 0.0480. The van der Waals surface area contributed by atoms with Crippen LogP contribution in [0, 0.1) is 10.1 Å². The van der Waals surface area contributed by atoms with Gasteiger partial charge in [0.05, 0.1) is 27.0 Å². The first-order valence-corrected chi connectivity index (χ1v) is 11.5. The number of nitrogens with zero attached hydrogens (tertiary/aromatic N) is 2. The number of carbonyl (C=O) groups excluding carboxylic acids is 2. The number of amides is 1. The molecule has 1 aliphatic heterocycles. The lowest BCUT2D eigenvalue weighted by Crippen LogP contribution is -2.48. The van der Waals surface area contributed by atoms with Crippen molar-refractivity contribution in [3.63, 3.8) is 0 Å². The lowest BCUT2D eigenvalue weighted by Gasteiger charge is -2.33. The van der Waals surface area contributed by atoms with Crippen LogP contribution in [0.15, 0.2) is 18.2 Å². The van der Waals surface area contributed by atoms with Crippen molar-refractivity contribution in [3.05, 3.63) is 38.9 Å². The number of rotatable bonds is 6. The SMILES string of the molecule is O=C(OCC(=O)N(C1CCCC1)C1CCS(=O)(=O)C1)c1ccc([N+](=O)[O-])cc1Cl. The first-order chi connectivity index (χ1) is 13.7. The molecule has 2 aliphatic rings. The zero-order chi connectivity index (χ0) is 21.2. The molecule has 1 atom stereocenters. The van der Waals surface area contributed by atoms with Gasteiger partial charge in [-0.3, -0.25) is 14.9 Å². The first kappa shape index (κ1) is 21.5. The number of sulfone groups is 1. The molecule has 11 heteroatoms. The van der Waals surface area contributed by atoms with Crippen molar-refractivity contribution >= 4 is 39.0 Å². The van der Waals surface area contributed by atoms with E-state index in [2.05, 4.69) is 0 Å². The van der Waals surface area contributed by atoms with Crippen LogP contribution >= 0.6 is 11.6 Å². The highest BCUT2D eigenvalue weighted by atomic mass is 35.5. The van der Waals surface area contributed by atoms with Gasteiger partial charge in [-0.25, -0.2) is 13.2 Å². The number of nitro groups is 1. The van der Waals surface area contributed by atoms with E-state index >= 15 is 0 Å². The van der Waals surface area contributed by atoms with Gasteiger partial charge in [-0.05, 0) is 25.3 Å². The Hall–Kier alpha value is -2.20. The minimum Gasteiger partial charge on any atom is -0.452 e. The van der Waals surface area contributed by atoms with Crippen molar-refractivity contribution in [1.29, 1.82) is 0 Å². The summed E-state index contributed by atoms with van der Waals surface area (Å²) in [5.41, 5.74) is -0.349. The molecular formula is C18H21ClN2O7S. The van der Waals surface area contributed by atoms with Gasteiger partial charge < -0.3 is 9.64 Å². The Kier molecular flexibility index (Phi) is 6.42. The Bertz CT molecular complexity index is 928. The van der Waals surface area contributed by atoms with Crippen LogP contribution in [0.4, 0.5) is 5.69 Å². The summed E-state index contributed by atoms with van der Waals surface area (Å²) in [6, 6.07) is 2.87. The van der Waals surface area contributed by atoms with Gasteiger partial charge in [0.15, 0.2) is 16.4 Å². The summed E-state index contributed by atoms with van der Waals surface area (Å²) in [6.45, 7) is -0.542. The summed E-state index contributed by atoms with van der Waals surface area (Å²) >= 11 is 5.92. The molecule has 0 bridgehead atoms. The standard InChI is InChI=1S/C18H21ClN2O7S/c19-16-9-13(21(24)25)5-6-15(16)18(23)28-10-17(22)20(12-3-1-2-4-12)14-7-8-29(26,27)11-14/h5-6,9,12,14H,1-4,7-8,10-11H2. The molecule has 0 N–H and O–H groups in total. The van der Waals surface area contributed by atoms with Crippen LogP contribution in [0.25, 0.3) is 0 Å². The van der Waals surface area contributed by atoms with Crippen molar-refractivity contribution in [3.8, 4) is 0 Å². The Morgan fingerprint density at radius 2 is 1.90 bits per heavy atom. The van der Waals surface area contributed by atoms with Gasteiger partial charge in [0, 0.05) is 24.2 Å². The summed E-state index contributed by atoms with van der Waals surface area (Å²) < 4.78 is 28.8. The number of non-ortho nitro benzene ring substituents is 1. The fourth-order valence-electron chi connectivity index (χ4n) is 3.95. The van der Waals surface area contributed by atoms with Gasteiger partial charge >= 0.3 is 5.97 Å². The maximum Gasteiger partial charge on any atom is 0.340 e. The summed E-state index contributed by atoms with van der Waals surface area (Å²) in [5.74, 6) is -1.34. The lowest BCUT2D eigenvalue weighted by molar-refractivity contribution is -0.384. The largest absolute Gasteiger partial charge is 0.452 e. The monoisotopic (exact) mass is 444 g/mol. The molecule has 3 rings (SSSR count). The molecular weight excluding hydrogens is 424 g/mol. The zero-order valence-electron chi connectivity index (χ0n) is 15.6. The Labute approximate surface area is 173 Å². The summed E-state index contributed by atoms with van der Waals surface area (Å²) in [6.07, 6.45) is 3.90. The zero-order valence-corrected chi connectivity index (χ0v) is 17.2. The van der Waals surface area contributed by atoms with E-state index in [0.717, 1.165) is 37.8 Å². The van der Waals surface area contributed by atoms with Crippen molar-refractivity contribution < 1.29 is 27.7 Å². The first-order valence-electron chi connectivity index (χ1n) is 9.30. The second-order valence-electron chi connectivity index (χ2n) is 7.29. The van der Waals surface area contributed by atoms with Crippen molar-refractivity contribution in [2.45, 2.75) is 44.2 Å². The fraction of sp³-hybridized carbons (Fsp3) is 0.556. The van der Waals surface area contributed by atoms with Crippen LogP contribution in [0.2, 0.25) is 5.02 Å². The second kappa shape index (κ2) is 8.66. The highest BCUT2D eigenvalue weighted by Crippen LogP contribution is 2.29. The summed E-state index contributed by atoms with van der Waals surface area (Å²) in [5, 5.41) is 10.6. The molecule has 1 saturated heterocycles. The van der Waals surface area contributed by atoms with Crippen LogP contribution < -0.4 is 0 Å². The van der Waals surface area contributed by atoms with Crippen molar-refractivity contribution in [2.24, 2.45) is 0 Å². The van der Waals surface area contributed by atoms with Crippen LogP contribution in [0.3, 0.4) is 0 Å². The molecule has 0 radical (unpaired) electrons. The number of ether oxygens (including phenoxy) is 1. The molecule has 2 fully saturated rings. The number of esters is 1. The van der Waals surface area contributed by atoms with Crippen LogP contribution in [-0.2, 0) is 19.4 Å². The minimum atomic E-state index is -3.17. The summed E-state index contributed by atoms with van der Waals surface area (Å²) in [7, 11) is -3.17. The molecule has 0 aromatic heterocycles.